The van der Waals surface area contributed by atoms with Crippen LogP contribution in [0.2, 0.25) is 0 Å². The maximum absolute atomic E-state index is 13.0. The second-order valence-electron chi connectivity index (χ2n) is 8.89. The molecule has 1 aromatic rings. The maximum Gasteiger partial charge on any atom is 0.327 e. The third-order valence-electron chi connectivity index (χ3n) is 6.20. The molecule has 6 heteroatoms. The number of aromatic amines is 1. The Labute approximate surface area is 185 Å². The molecule has 0 aliphatic heterocycles. The first-order valence-electron chi connectivity index (χ1n) is 11.8. The molecule has 0 aromatic carbocycles. The van der Waals surface area contributed by atoms with Gasteiger partial charge in [-0.2, -0.15) is 5.10 Å². The number of alkyl halides is 1. The molecule has 0 bridgehead atoms. The van der Waals surface area contributed by atoms with Gasteiger partial charge in [-0.3, -0.25) is 9.89 Å². The van der Waals surface area contributed by atoms with Crippen molar-refractivity contribution in [1.82, 2.24) is 15.2 Å². The summed E-state index contributed by atoms with van der Waals surface area (Å²) >= 11 is 3.50. The highest BCUT2D eigenvalue weighted by atomic mass is 79.9. The van der Waals surface area contributed by atoms with Crippen LogP contribution in [0.1, 0.15) is 108 Å². The fourth-order valence-electron chi connectivity index (χ4n) is 4.65. The first-order chi connectivity index (χ1) is 14.0. The van der Waals surface area contributed by atoms with Crippen molar-refractivity contribution in [3.63, 3.8) is 0 Å². The van der Waals surface area contributed by atoms with E-state index in [1.165, 1.54) is 25.7 Å². The van der Waals surface area contributed by atoms with Gasteiger partial charge in [0, 0.05) is 6.42 Å². The predicted octanol–water partition coefficient (Wildman–Crippen LogP) is 6.54. The molecule has 2 rings (SSSR count). The number of esters is 1. The summed E-state index contributed by atoms with van der Waals surface area (Å²) < 4.78 is 6.19. The van der Waals surface area contributed by atoms with Gasteiger partial charge in [0.1, 0.15) is 11.9 Å². The minimum atomic E-state index is -0.605. The molecule has 1 aromatic heterocycles. The van der Waals surface area contributed by atoms with Gasteiger partial charge in [0.15, 0.2) is 10.7 Å². The van der Waals surface area contributed by atoms with Crippen LogP contribution in [-0.2, 0) is 16.0 Å². The number of unbranched alkanes of at least 4 members (excludes halogenated alkanes) is 3. The van der Waals surface area contributed by atoms with Crippen molar-refractivity contribution >= 4 is 21.9 Å². The largest absolute Gasteiger partial charge is 0.461 e. The van der Waals surface area contributed by atoms with Crippen LogP contribution in [0.3, 0.4) is 0 Å². The van der Waals surface area contributed by atoms with Crippen LogP contribution in [0.5, 0.6) is 0 Å². The van der Waals surface area contributed by atoms with E-state index in [2.05, 4.69) is 58.8 Å². The summed E-state index contributed by atoms with van der Waals surface area (Å²) in [5.41, 5.74) is 0. The van der Waals surface area contributed by atoms with Gasteiger partial charge >= 0.3 is 5.97 Å². The lowest BCUT2D eigenvalue weighted by atomic mass is 9.70. The van der Waals surface area contributed by atoms with E-state index in [1.807, 2.05) is 0 Å². The highest BCUT2D eigenvalue weighted by Gasteiger charge is 2.39. The number of nitrogens with one attached hydrogen (secondary N) is 1. The van der Waals surface area contributed by atoms with E-state index >= 15 is 0 Å². The topological polar surface area (TPSA) is 67.9 Å². The molecule has 1 saturated carbocycles. The zero-order valence-electron chi connectivity index (χ0n) is 18.8. The van der Waals surface area contributed by atoms with E-state index in [-0.39, 0.29) is 12.1 Å². The molecule has 3 unspecified atom stereocenters. The number of aryl methyl sites for hydroxylation is 1. The van der Waals surface area contributed by atoms with Crippen molar-refractivity contribution in [2.45, 2.75) is 109 Å². The Kier molecular flexibility index (Phi) is 10.7. The van der Waals surface area contributed by atoms with Crippen LogP contribution < -0.4 is 0 Å². The minimum absolute atomic E-state index is 0.0235. The number of carbonyl (C=O) groups is 1. The average Bonchev–Trinajstić information content (AvgIpc) is 3.18. The second-order valence-corrected chi connectivity index (χ2v) is 9.80. The SMILES string of the molecule is CCCCc1nc(C(Br)C(=O)OC2C(CCCC)CC(C)CC2CCCC)n[nH]1. The maximum atomic E-state index is 13.0. The zero-order valence-corrected chi connectivity index (χ0v) is 20.3. The zero-order chi connectivity index (χ0) is 21.2. The summed E-state index contributed by atoms with van der Waals surface area (Å²) in [4.78, 5) is 16.9. The summed E-state index contributed by atoms with van der Waals surface area (Å²) in [7, 11) is 0. The Balaban J connectivity index is 2.07. The van der Waals surface area contributed by atoms with Crippen molar-refractivity contribution in [3.8, 4) is 0 Å². The lowest BCUT2D eigenvalue weighted by molar-refractivity contribution is -0.159. The number of ether oxygens (including phenoxy) is 1. The van der Waals surface area contributed by atoms with E-state index < -0.39 is 4.83 Å². The van der Waals surface area contributed by atoms with Gasteiger partial charge in [0.05, 0.1) is 0 Å². The third-order valence-corrected chi connectivity index (χ3v) is 6.98. The molecular weight excluding hydrogens is 430 g/mol. The van der Waals surface area contributed by atoms with Crippen molar-refractivity contribution in [2.24, 2.45) is 17.8 Å². The van der Waals surface area contributed by atoms with Crippen LogP contribution in [0.15, 0.2) is 0 Å². The molecule has 0 radical (unpaired) electrons. The van der Waals surface area contributed by atoms with Crippen LogP contribution in [0.25, 0.3) is 0 Å². The van der Waals surface area contributed by atoms with E-state index in [4.69, 9.17) is 4.74 Å². The first-order valence-corrected chi connectivity index (χ1v) is 12.7. The molecule has 3 atom stereocenters. The number of carbonyl (C=O) groups excluding carboxylic acids is 1. The summed E-state index contributed by atoms with van der Waals surface area (Å²) in [6, 6.07) is 0. The van der Waals surface area contributed by atoms with E-state index in [0.29, 0.717) is 23.6 Å². The monoisotopic (exact) mass is 469 g/mol. The van der Waals surface area contributed by atoms with E-state index in [9.17, 15) is 4.79 Å². The van der Waals surface area contributed by atoms with Gasteiger partial charge in [-0.05, 0) is 49.9 Å². The number of rotatable bonds is 12. The number of nitrogens with zero attached hydrogens (tertiary/aromatic N) is 2. The van der Waals surface area contributed by atoms with Gasteiger partial charge in [-0.1, -0.05) is 75.7 Å². The van der Waals surface area contributed by atoms with Crippen LogP contribution in [0, 0.1) is 17.8 Å². The molecule has 1 aliphatic carbocycles. The number of hydrogen-bond donors (Lipinski definition) is 1. The number of halogens is 1. The normalized spacial score (nSPS) is 25.7. The quantitative estimate of drug-likeness (QED) is 0.278. The smallest absolute Gasteiger partial charge is 0.327 e. The third kappa shape index (κ3) is 7.37. The lowest BCUT2D eigenvalue weighted by Crippen LogP contribution is -2.40. The first kappa shape index (κ1) is 24.4. The fraction of sp³-hybridized carbons (Fsp3) is 0.870. The van der Waals surface area contributed by atoms with Gasteiger partial charge < -0.3 is 4.74 Å². The number of aromatic nitrogens is 3. The standard InChI is InChI=1S/C23H40BrN3O2/c1-5-8-11-17-14-16(4)15-18(12-9-6-2)21(17)29-23(28)20(24)22-25-19(26-27-22)13-10-7-3/h16-18,20-21H,5-15H2,1-4H3,(H,25,26,27). The average molecular weight is 470 g/mol. The fourth-order valence-corrected chi connectivity index (χ4v) is 4.96. The summed E-state index contributed by atoms with van der Waals surface area (Å²) in [6.45, 7) is 8.97. The molecule has 5 nitrogen and oxygen atoms in total. The molecule has 0 saturated heterocycles. The summed E-state index contributed by atoms with van der Waals surface area (Å²) in [5.74, 6) is 2.73. The Morgan fingerprint density at radius 2 is 1.69 bits per heavy atom. The van der Waals surface area contributed by atoms with Crippen molar-refractivity contribution < 1.29 is 9.53 Å². The minimum Gasteiger partial charge on any atom is -0.461 e. The van der Waals surface area contributed by atoms with Crippen LogP contribution in [0.4, 0.5) is 0 Å². The van der Waals surface area contributed by atoms with E-state index in [1.54, 1.807) is 0 Å². The predicted molar refractivity (Wildman–Crippen MR) is 121 cm³/mol. The van der Waals surface area contributed by atoms with Gasteiger partial charge in [0.25, 0.3) is 0 Å². The molecule has 1 N–H and O–H groups in total. The summed E-state index contributed by atoms with van der Waals surface area (Å²) in [6.07, 6.45) is 12.4. The molecule has 1 heterocycles. The van der Waals surface area contributed by atoms with Crippen LogP contribution >= 0.6 is 15.9 Å². The van der Waals surface area contributed by atoms with Gasteiger partial charge in [-0.15, -0.1) is 0 Å². The van der Waals surface area contributed by atoms with E-state index in [0.717, 1.165) is 50.8 Å². The van der Waals surface area contributed by atoms with Gasteiger partial charge in [-0.25, -0.2) is 4.98 Å². The van der Waals surface area contributed by atoms with Crippen molar-refractivity contribution in [2.75, 3.05) is 0 Å². The Hall–Kier alpha value is -0.910. The number of H-pyrrole nitrogens is 1. The van der Waals surface area contributed by atoms with Gasteiger partial charge in [0.2, 0.25) is 0 Å². The second kappa shape index (κ2) is 12.7. The lowest BCUT2D eigenvalue weighted by Gasteiger charge is -2.41. The molecular formula is C23H40BrN3O2. The Morgan fingerprint density at radius 3 is 2.24 bits per heavy atom. The number of hydrogen-bond acceptors (Lipinski definition) is 4. The Bertz CT molecular complexity index is 589. The highest BCUT2D eigenvalue weighted by molar-refractivity contribution is 9.09. The molecule has 1 aliphatic rings. The molecule has 1 fully saturated rings. The molecule has 0 amide bonds. The summed E-state index contributed by atoms with van der Waals surface area (Å²) in [5, 5.41) is 7.21. The van der Waals surface area contributed by atoms with Crippen molar-refractivity contribution in [1.29, 1.82) is 0 Å². The van der Waals surface area contributed by atoms with Crippen molar-refractivity contribution in [3.05, 3.63) is 11.6 Å². The Morgan fingerprint density at radius 1 is 1.10 bits per heavy atom. The molecule has 29 heavy (non-hydrogen) atoms. The highest BCUT2D eigenvalue weighted by Crippen LogP contribution is 2.41. The van der Waals surface area contributed by atoms with Crippen LogP contribution in [-0.4, -0.2) is 27.3 Å². The molecule has 166 valence electrons. The molecule has 0 spiro atoms.